The molecule has 3 nitrogen and oxygen atoms in total. The standard InChI is InChI=1S/C7H9BrN2O/c1-9-5-3-6(8)7(11)10(2)4-5/h3-4,9H,1-2H3. The number of hydrogen-bond donors (Lipinski definition) is 1. The van der Waals surface area contributed by atoms with E-state index in [0.717, 1.165) is 5.69 Å². The van der Waals surface area contributed by atoms with Crippen LogP contribution in [0.1, 0.15) is 0 Å². The van der Waals surface area contributed by atoms with Crippen molar-refractivity contribution in [3.05, 3.63) is 27.1 Å². The molecule has 0 atom stereocenters. The monoisotopic (exact) mass is 216 g/mol. The summed E-state index contributed by atoms with van der Waals surface area (Å²) >= 11 is 3.16. The second-order valence-electron chi connectivity index (χ2n) is 2.24. The predicted molar refractivity (Wildman–Crippen MR) is 48.9 cm³/mol. The molecule has 0 unspecified atom stereocenters. The fraction of sp³-hybridized carbons (Fsp3) is 0.286. The van der Waals surface area contributed by atoms with Crippen LogP contribution < -0.4 is 10.9 Å². The minimum Gasteiger partial charge on any atom is -0.387 e. The molecule has 1 N–H and O–H groups in total. The molecule has 1 rings (SSSR count). The fourth-order valence-corrected chi connectivity index (χ4v) is 1.33. The van der Waals surface area contributed by atoms with Gasteiger partial charge in [-0.15, -0.1) is 0 Å². The molecule has 0 aliphatic carbocycles. The van der Waals surface area contributed by atoms with Crippen molar-refractivity contribution >= 4 is 21.6 Å². The third kappa shape index (κ3) is 1.63. The van der Waals surface area contributed by atoms with E-state index >= 15 is 0 Å². The Labute approximate surface area is 73.2 Å². The number of nitrogens with zero attached hydrogens (tertiary/aromatic N) is 1. The first-order valence-corrected chi connectivity index (χ1v) is 3.98. The molecule has 0 aliphatic heterocycles. The van der Waals surface area contributed by atoms with Crippen LogP contribution in [0, 0.1) is 0 Å². The summed E-state index contributed by atoms with van der Waals surface area (Å²) in [5, 5.41) is 2.95. The number of pyridine rings is 1. The molecule has 0 bridgehead atoms. The average Bonchev–Trinajstić information content (AvgIpc) is 1.99. The first kappa shape index (κ1) is 8.33. The Morgan fingerprint density at radius 3 is 2.73 bits per heavy atom. The smallest absolute Gasteiger partial charge is 0.264 e. The Kier molecular flexibility index (Phi) is 2.34. The van der Waals surface area contributed by atoms with Crippen molar-refractivity contribution < 1.29 is 0 Å². The van der Waals surface area contributed by atoms with Gasteiger partial charge in [0.1, 0.15) is 0 Å². The van der Waals surface area contributed by atoms with Crippen LogP contribution in [-0.2, 0) is 7.05 Å². The van der Waals surface area contributed by atoms with E-state index in [2.05, 4.69) is 21.2 Å². The van der Waals surface area contributed by atoms with Crippen LogP contribution in [0.2, 0.25) is 0 Å². The van der Waals surface area contributed by atoms with Crippen molar-refractivity contribution in [2.75, 3.05) is 12.4 Å². The average molecular weight is 217 g/mol. The van der Waals surface area contributed by atoms with E-state index < -0.39 is 0 Å². The van der Waals surface area contributed by atoms with Crippen molar-refractivity contribution in [1.29, 1.82) is 0 Å². The van der Waals surface area contributed by atoms with Gasteiger partial charge in [-0.1, -0.05) is 0 Å². The summed E-state index contributed by atoms with van der Waals surface area (Å²) in [5.74, 6) is 0. The number of aromatic nitrogens is 1. The molecule has 0 aliphatic rings. The van der Waals surface area contributed by atoms with Gasteiger partial charge < -0.3 is 9.88 Å². The molecular weight excluding hydrogens is 208 g/mol. The number of halogens is 1. The summed E-state index contributed by atoms with van der Waals surface area (Å²) in [5.41, 5.74) is 0.892. The van der Waals surface area contributed by atoms with E-state index in [4.69, 9.17) is 0 Å². The highest BCUT2D eigenvalue weighted by atomic mass is 79.9. The van der Waals surface area contributed by atoms with Gasteiger partial charge in [0.15, 0.2) is 0 Å². The van der Waals surface area contributed by atoms with Crippen LogP contribution in [0.25, 0.3) is 0 Å². The van der Waals surface area contributed by atoms with Crippen LogP contribution in [0.3, 0.4) is 0 Å². The first-order chi connectivity index (χ1) is 5.15. The van der Waals surface area contributed by atoms with Gasteiger partial charge in [0.05, 0.1) is 10.2 Å². The molecule has 0 amide bonds. The third-order valence-corrected chi connectivity index (χ3v) is 2.00. The molecule has 1 heterocycles. The lowest BCUT2D eigenvalue weighted by Gasteiger charge is -2.03. The lowest BCUT2D eigenvalue weighted by atomic mass is 10.4. The quantitative estimate of drug-likeness (QED) is 0.766. The molecule has 0 radical (unpaired) electrons. The van der Waals surface area contributed by atoms with E-state index in [1.165, 1.54) is 4.57 Å². The van der Waals surface area contributed by atoms with Gasteiger partial charge in [-0.3, -0.25) is 4.79 Å². The van der Waals surface area contributed by atoms with E-state index in [-0.39, 0.29) is 5.56 Å². The van der Waals surface area contributed by atoms with Gasteiger partial charge in [0.2, 0.25) is 0 Å². The second kappa shape index (κ2) is 3.09. The van der Waals surface area contributed by atoms with Crippen molar-refractivity contribution in [2.24, 2.45) is 7.05 Å². The number of nitrogens with one attached hydrogen (secondary N) is 1. The van der Waals surface area contributed by atoms with Gasteiger partial charge in [0.25, 0.3) is 5.56 Å². The molecule has 0 saturated carbocycles. The van der Waals surface area contributed by atoms with Crippen molar-refractivity contribution in [3.63, 3.8) is 0 Å². The summed E-state index contributed by atoms with van der Waals surface area (Å²) < 4.78 is 2.10. The Hall–Kier alpha value is -0.770. The normalized spacial score (nSPS) is 9.73. The van der Waals surface area contributed by atoms with E-state index in [0.29, 0.717) is 4.47 Å². The highest BCUT2D eigenvalue weighted by Crippen LogP contribution is 2.09. The van der Waals surface area contributed by atoms with Crippen LogP contribution in [0.5, 0.6) is 0 Å². The number of aryl methyl sites for hydroxylation is 1. The van der Waals surface area contributed by atoms with Gasteiger partial charge in [0, 0.05) is 20.3 Å². The van der Waals surface area contributed by atoms with Gasteiger partial charge in [-0.05, 0) is 22.0 Å². The molecular formula is C7H9BrN2O. The summed E-state index contributed by atoms with van der Waals surface area (Å²) in [6, 6.07) is 1.75. The van der Waals surface area contributed by atoms with Crippen molar-refractivity contribution in [1.82, 2.24) is 4.57 Å². The zero-order chi connectivity index (χ0) is 8.43. The molecule has 60 valence electrons. The molecule has 0 spiro atoms. The molecule has 4 heteroatoms. The van der Waals surface area contributed by atoms with Gasteiger partial charge in [-0.2, -0.15) is 0 Å². The second-order valence-corrected chi connectivity index (χ2v) is 3.10. The maximum atomic E-state index is 11.1. The van der Waals surface area contributed by atoms with Gasteiger partial charge >= 0.3 is 0 Å². The fourth-order valence-electron chi connectivity index (χ4n) is 0.808. The largest absolute Gasteiger partial charge is 0.387 e. The zero-order valence-corrected chi connectivity index (χ0v) is 7.97. The van der Waals surface area contributed by atoms with Gasteiger partial charge in [-0.25, -0.2) is 0 Å². The van der Waals surface area contributed by atoms with Crippen LogP contribution in [0.4, 0.5) is 5.69 Å². The SMILES string of the molecule is CNc1cc(Br)c(=O)n(C)c1. The van der Waals surface area contributed by atoms with E-state index in [9.17, 15) is 4.79 Å². The molecule has 1 aromatic heterocycles. The zero-order valence-electron chi connectivity index (χ0n) is 6.39. The summed E-state index contributed by atoms with van der Waals surface area (Å²) in [6.07, 6.45) is 1.74. The molecule has 0 aromatic carbocycles. The van der Waals surface area contributed by atoms with E-state index in [1.807, 2.05) is 7.05 Å². The molecule has 0 saturated heterocycles. The minimum atomic E-state index is -0.0241. The highest BCUT2D eigenvalue weighted by molar-refractivity contribution is 9.10. The first-order valence-electron chi connectivity index (χ1n) is 3.19. The molecule has 0 fully saturated rings. The Morgan fingerprint density at radius 2 is 2.27 bits per heavy atom. The predicted octanol–water partition coefficient (Wildman–Crippen LogP) is 1.19. The number of hydrogen-bond acceptors (Lipinski definition) is 2. The van der Waals surface area contributed by atoms with Crippen molar-refractivity contribution in [3.8, 4) is 0 Å². The Bertz CT molecular complexity index is 292. The number of rotatable bonds is 1. The topological polar surface area (TPSA) is 34.0 Å². The van der Waals surface area contributed by atoms with Crippen LogP contribution in [-0.4, -0.2) is 11.6 Å². The van der Waals surface area contributed by atoms with E-state index in [1.54, 1.807) is 19.3 Å². The summed E-state index contributed by atoms with van der Waals surface area (Å²) in [6.45, 7) is 0. The summed E-state index contributed by atoms with van der Waals surface area (Å²) in [7, 11) is 3.53. The maximum absolute atomic E-state index is 11.1. The van der Waals surface area contributed by atoms with Crippen molar-refractivity contribution in [2.45, 2.75) is 0 Å². The lowest BCUT2D eigenvalue weighted by molar-refractivity contribution is 0.855. The Balaban J connectivity index is 3.32. The third-order valence-electron chi connectivity index (χ3n) is 1.43. The highest BCUT2D eigenvalue weighted by Gasteiger charge is 1.98. The Morgan fingerprint density at radius 1 is 1.64 bits per heavy atom. The lowest BCUT2D eigenvalue weighted by Crippen LogP contribution is -2.16. The number of anilines is 1. The summed E-state index contributed by atoms with van der Waals surface area (Å²) in [4.78, 5) is 11.1. The molecule has 11 heavy (non-hydrogen) atoms. The minimum absolute atomic E-state index is 0.0241. The maximum Gasteiger partial charge on any atom is 0.264 e. The molecule has 1 aromatic rings. The van der Waals surface area contributed by atoms with Crippen LogP contribution in [0.15, 0.2) is 21.5 Å². The van der Waals surface area contributed by atoms with Crippen LogP contribution >= 0.6 is 15.9 Å².